The van der Waals surface area contributed by atoms with E-state index in [2.05, 4.69) is 60.5 Å². The average Bonchev–Trinajstić information content (AvgIpc) is 2.51. The Kier molecular flexibility index (Phi) is 4.27. The zero-order valence-corrected chi connectivity index (χ0v) is 13.4. The molecule has 3 heteroatoms. The van der Waals surface area contributed by atoms with Crippen molar-refractivity contribution in [3.05, 3.63) is 65.5 Å². The maximum absolute atomic E-state index is 6.09. The maximum atomic E-state index is 6.09. The van der Waals surface area contributed by atoms with Gasteiger partial charge in [-0.3, -0.25) is 4.98 Å². The van der Waals surface area contributed by atoms with Gasteiger partial charge in [0.15, 0.2) is 0 Å². The van der Waals surface area contributed by atoms with Gasteiger partial charge in [0.1, 0.15) is 0 Å². The topological polar surface area (TPSA) is 50.9 Å². The van der Waals surface area contributed by atoms with Crippen molar-refractivity contribution in [2.24, 2.45) is 5.73 Å². The van der Waals surface area contributed by atoms with Crippen LogP contribution in [0.1, 0.15) is 42.5 Å². The Morgan fingerprint density at radius 1 is 1.27 bits per heavy atom. The van der Waals surface area contributed by atoms with Gasteiger partial charge in [0.2, 0.25) is 0 Å². The molecule has 0 bridgehead atoms. The lowest BCUT2D eigenvalue weighted by Gasteiger charge is -2.49. The van der Waals surface area contributed by atoms with Crippen molar-refractivity contribution in [2.45, 2.75) is 44.2 Å². The van der Waals surface area contributed by atoms with E-state index < -0.39 is 0 Å². The van der Waals surface area contributed by atoms with Gasteiger partial charge in [0.05, 0.1) is 0 Å². The molecule has 0 aliphatic heterocycles. The second kappa shape index (κ2) is 6.19. The molecule has 0 saturated heterocycles. The molecule has 22 heavy (non-hydrogen) atoms. The highest BCUT2D eigenvalue weighted by molar-refractivity contribution is 5.31. The molecule has 0 spiro atoms. The molecule has 1 aliphatic rings. The number of aryl methyl sites for hydroxylation is 1. The first-order valence-corrected chi connectivity index (χ1v) is 8.06. The fourth-order valence-corrected chi connectivity index (χ4v) is 3.58. The molecule has 1 heterocycles. The number of nitrogens with zero attached hydrogens (tertiary/aromatic N) is 1. The molecule has 3 nitrogen and oxygen atoms in total. The number of nitrogens with two attached hydrogens (primary N) is 1. The number of hydrogen-bond acceptors (Lipinski definition) is 3. The minimum atomic E-state index is 0.156. The summed E-state index contributed by atoms with van der Waals surface area (Å²) in [5.41, 5.74) is 10.1. The SMILES string of the molecule is Cc1cncc(C(C)NC2CC(CN)(c3ccccc3)C2)c1. The van der Waals surface area contributed by atoms with E-state index in [-0.39, 0.29) is 5.41 Å². The lowest BCUT2D eigenvalue weighted by Crippen LogP contribution is -2.55. The Morgan fingerprint density at radius 3 is 2.64 bits per heavy atom. The van der Waals surface area contributed by atoms with E-state index >= 15 is 0 Å². The first-order chi connectivity index (χ1) is 10.6. The van der Waals surface area contributed by atoms with Gasteiger partial charge in [0, 0.05) is 36.4 Å². The molecule has 116 valence electrons. The zero-order valence-electron chi connectivity index (χ0n) is 13.4. The van der Waals surface area contributed by atoms with Crippen LogP contribution in [0.3, 0.4) is 0 Å². The molecule has 0 amide bonds. The van der Waals surface area contributed by atoms with Crippen LogP contribution >= 0.6 is 0 Å². The molecule has 0 radical (unpaired) electrons. The lowest BCUT2D eigenvalue weighted by atomic mass is 9.61. The van der Waals surface area contributed by atoms with E-state index in [1.807, 2.05) is 12.4 Å². The number of nitrogens with one attached hydrogen (secondary N) is 1. The molecule has 1 unspecified atom stereocenters. The molecule has 1 saturated carbocycles. The Labute approximate surface area is 133 Å². The summed E-state index contributed by atoms with van der Waals surface area (Å²) in [6.07, 6.45) is 6.07. The van der Waals surface area contributed by atoms with Crippen LogP contribution in [0.15, 0.2) is 48.8 Å². The monoisotopic (exact) mass is 295 g/mol. The van der Waals surface area contributed by atoms with Crippen LogP contribution in [0.5, 0.6) is 0 Å². The summed E-state index contributed by atoms with van der Waals surface area (Å²) in [6.45, 7) is 5.01. The Hall–Kier alpha value is -1.71. The fourth-order valence-electron chi connectivity index (χ4n) is 3.58. The molecule has 1 fully saturated rings. The normalized spacial score (nSPS) is 25.5. The van der Waals surface area contributed by atoms with E-state index in [9.17, 15) is 0 Å². The zero-order chi connectivity index (χ0) is 15.6. The summed E-state index contributed by atoms with van der Waals surface area (Å²) >= 11 is 0. The molecule has 3 N–H and O–H groups in total. The van der Waals surface area contributed by atoms with Crippen LogP contribution in [0.2, 0.25) is 0 Å². The molecule has 3 rings (SSSR count). The first kappa shape index (κ1) is 15.2. The molecule has 1 aliphatic carbocycles. The lowest BCUT2D eigenvalue weighted by molar-refractivity contribution is 0.167. The summed E-state index contributed by atoms with van der Waals surface area (Å²) in [7, 11) is 0. The van der Waals surface area contributed by atoms with Gasteiger partial charge in [-0.15, -0.1) is 0 Å². The van der Waals surface area contributed by atoms with Crippen molar-refractivity contribution in [3.8, 4) is 0 Å². The van der Waals surface area contributed by atoms with Crippen molar-refractivity contribution in [1.29, 1.82) is 0 Å². The number of rotatable bonds is 5. The van der Waals surface area contributed by atoms with E-state index in [1.165, 1.54) is 16.7 Å². The van der Waals surface area contributed by atoms with Gasteiger partial charge < -0.3 is 11.1 Å². The van der Waals surface area contributed by atoms with E-state index in [0.29, 0.717) is 12.1 Å². The van der Waals surface area contributed by atoms with Crippen LogP contribution in [0.25, 0.3) is 0 Å². The molecule has 1 aromatic heterocycles. The smallest absolute Gasteiger partial charge is 0.0315 e. The minimum Gasteiger partial charge on any atom is -0.330 e. The van der Waals surface area contributed by atoms with Crippen LogP contribution in [0, 0.1) is 6.92 Å². The third kappa shape index (κ3) is 2.92. The third-order valence-electron chi connectivity index (χ3n) is 4.93. The summed E-state index contributed by atoms with van der Waals surface area (Å²) in [6, 6.07) is 13.7. The van der Waals surface area contributed by atoms with E-state index in [4.69, 9.17) is 5.73 Å². The summed E-state index contributed by atoms with van der Waals surface area (Å²) in [5.74, 6) is 0. The van der Waals surface area contributed by atoms with Crippen molar-refractivity contribution >= 4 is 0 Å². The molecule has 2 aromatic rings. The van der Waals surface area contributed by atoms with Crippen LogP contribution in [-0.4, -0.2) is 17.6 Å². The highest BCUT2D eigenvalue weighted by Crippen LogP contribution is 2.43. The summed E-state index contributed by atoms with van der Waals surface area (Å²) in [4.78, 5) is 4.29. The fraction of sp³-hybridized carbons (Fsp3) is 0.421. The Balaban J connectivity index is 1.63. The highest BCUT2D eigenvalue weighted by atomic mass is 15.0. The third-order valence-corrected chi connectivity index (χ3v) is 4.93. The summed E-state index contributed by atoms with van der Waals surface area (Å²) in [5, 5.41) is 3.72. The average molecular weight is 295 g/mol. The van der Waals surface area contributed by atoms with Crippen molar-refractivity contribution < 1.29 is 0 Å². The van der Waals surface area contributed by atoms with E-state index in [1.54, 1.807) is 0 Å². The number of hydrogen-bond donors (Lipinski definition) is 2. The van der Waals surface area contributed by atoms with Crippen LogP contribution in [-0.2, 0) is 5.41 Å². The van der Waals surface area contributed by atoms with Crippen molar-refractivity contribution in [1.82, 2.24) is 10.3 Å². The predicted molar refractivity (Wildman–Crippen MR) is 90.7 cm³/mol. The second-order valence-corrected chi connectivity index (χ2v) is 6.64. The number of pyridine rings is 1. The summed E-state index contributed by atoms with van der Waals surface area (Å²) < 4.78 is 0. The minimum absolute atomic E-state index is 0.156. The van der Waals surface area contributed by atoms with Crippen molar-refractivity contribution in [3.63, 3.8) is 0 Å². The van der Waals surface area contributed by atoms with E-state index in [0.717, 1.165) is 19.4 Å². The van der Waals surface area contributed by atoms with Gasteiger partial charge in [0.25, 0.3) is 0 Å². The second-order valence-electron chi connectivity index (χ2n) is 6.64. The van der Waals surface area contributed by atoms with Crippen molar-refractivity contribution in [2.75, 3.05) is 6.54 Å². The van der Waals surface area contributed by atoms with Gasteiger partial charge in [-0.05, 0) is 43.4 Å². The standard InChI is InChI=1S/C19H25N3/c1-14-8-16(12-21-11-14)15(2)22-18-9-19(10-18,13-20)17-6-4-3-5-7-17/h3-8,11-12,15,18,22H,9-10,13,20H2,1-2H3. The van der Waals surface area contributed by atoms with Gasteiger partial charge in [-0.25, -0.2) is 0 Å². The largest absolute Gasteiger partial charge is 0.330 e. The molecular weight excluding hydrogens is 270 g/mol. The van der Waals surface area contributed by atoms with Crippen LogP contribution in [0.4, 0.5) is 0 Å². The number of aromatic nitrogens is 1. The molecular formula is C19H25N3. The van der Waals surface area contributed by atoms with Gasteiger partial charge in [-0.1, -0.05) is 36.4 Å². The van der Waals surface area contributed by atoms with Gasteiger partial charge in [-0.2, -0.15) is 0 Å². The molecule has 1 aromatic carbocycles. The Morgan fingerprint density at radius 2 is 2.00 bits per heavy atom. The Bertz CT molecular complexity index is 618. The first-order valence-electron chi connectivity index (χ1n) is 8.06. The highest BCUT2D eigenvalue weighted by Gasteiger charge is 2.44. The van der Waals surface area contributed by atoms with Gasteiger partial charge >= 0.3 is 0 Å². The number of benzene rings is 1. The van der Waals surface area contributed by atoms with Crippen LogP contribution < -0.4 is 11.1 Å². The quantitative estimate of drug-likeness (QED) is 0.891. The predicted octanol–water partition coefficient (Wildman–Crippen LogP) is 3.10. The molecule has 1 atom stereocenters. The maximum Gasteiger partial charge on any atom is 0.0315 e.